The lowest BCUT2D eigenvalue weighted by Crippen LogP contribution is -2.35. The standard InChI is InChI=1S/C14H21ClN2O/c1-10-3-5-12(6-4-10)17(2)14-7-11(9-18)13(15)8-16-14/h7-8,10,12,18H,3-6,9H2,1-2H3. The second-order valence-electron chi connectivity index (χ2n) is 5.32. The molecule has 1 aliphatic carbocycles. The van der Waals surface area contributed by atoms with E-state index in [0.29, 0.717) is 11.1 Å². The van der Waals surface area contributed by atoms with Crippen LogP contribution in [0.4, 0.5) is 5.82 Å². The predicted molar refractivity (Wildman–Crippen MR) is 75.0 cm³/mol. The van der Waals surface area contributed by atoms with Crippen LogP contribution in [0.5, 0.6) is 0 Å². The number of aliphatic hydroxyl groups is 1. The van der Waals surface area contributed by atoms with Gasteiger partial charge < -0.3 is 10.0 Å². The number of aromatic nitrogens is 1. The zero-order valence-electron chi connectivity index (χ0n) is 11.1. The molecule has 1 heterocycles. The van der Waals surface area contributed by atoms with Crippen molar-refractivity contribution in [3.05, 3.63) is 22.8 Å². The lowest BCUT2D eigenvalue weighted by molar-refractivity contribution is 0.281. The van der Waals surface area contributed by atoms with Crippen molar-refractivity contribution in [3.8, 4) is 0 Å². The van der Waals surface area contributed by atoms with Crippen molar-refractivity contribution in [2.24, 2.45) is 5.92 Å². The number of hydrogen-bond donors (Lipinski definition) is 1. The summed E-state index contributed by atoms with van der Waals surface area (Å²) in [5.74, 6) is 1.75. The molecule has 1 aliphatic rings. The Morgan fingerprint density at radius 1 is 1.39 bits per heavy atom. The van der Waals surface area contributed by atoms with Crippen LogP contribution in [0.1, 0.15) is 38.2 Å². The molecule has 0 saturated heterocycles. The van der Waals surface area contributed by atoms with E-state index in [2.05, 4.69) is 23.9 Å². The van der Waals surface area contributed by atoms with Crippen LogP contribution in [-0.4, -0.2) is 23.2 Å². The Bertz CT molecular complexity index is 403. The summed E-state index contributed by atoms with van der Waals surface area (Å²) >= 11 is 5.96. The highest BCUT2D eigenvalue weighted by atomic mass is 35.5. The SMILES string of the molecule is CC1CCC(N(C)c2cc(CO)c(Cl)cn2)CC1. The van der Waals surface area contributed by atoms with Crippen molar-refractivity contribution in [2.45, 2.75) is 45.3 Å². The van der Waals surface area contributed by atoms with E-state index in [0.717, 1.165) is 17.3 Å². The Hall–Kier alpha value is -0.800. The molecule has 3 nitrogen and oxygen atoms in total. The maximum Gasteiger partial charge on any atom is 0.128 e. The van der Waals surface area contributed by atoms with Crippen LogP contribution in [-0.2, 0) is 6.61 Å². The van der Waals surface area contributed by atoms with Crippen molar-refractivity contribution in [3.63, 3.8) is 0 Å². The van der Waals surface area contributed by atoms with Crippen molar-refractivity contribution in [2.75, 3.05) is 11.9 Å². The Labute approximate surface area is 114 Å². The molecular formula is C14H21ClN2O. The minimum atomic E-state index is -0.0378. The Kier molecular flexibility index (Phi) is 4.46. The van der Waals surface area contributed by atoms with Gasteiger partial charge in [-0.15, -0.1) is 0 Å². The molecule has 1 saturated carbocycles. The lowest BCUT2D eigenvalue weighted by atomic mass is 9.87. The van der Waals surface area contributed by atoms with E-state index in [-0.39, 0.29) is 6.61 Å². The van der Waals surface area contributed by atoms with Crippen LogP contribution < -0.4 is 4.90 Å². The van der Waals surface area contributed by atoms with Crippen LogP contribution in [0, 0.1) is 5.92 Å². The number of hydrogen-bond acceptors (Lipinski definition) is 3. The molecule has 0 bridgehead atoms. The third-order valence-electron chi connectivity index (χ3n) is 3.99. The van der Waals surface area contributed by atoms with Gasteiger partial charge in [0.2, 0.25) is 0 Å². The molecular weight excluding hydrogens is 248 g/mol. The van der Waals surface area contributed by atoms with Gasteiger partial charge >= 0.3 is 0 Å². The fourth-order valence-electron chi connectivity index (χ4n) is 2.60. The number of anilines is 1. The molecule has 2 rings (SSSR count). The predicted octanol–water partition coefficient (Wildman–Crippen LogP) is 3.24. The summed E-state index contributed by atoms with van der Waals surface area (Å²) in [5, 5.41) is 9.77. The normalized spacial score (nSPS) is 24.0. The van der Waals surface area contributed by atoms with E-state index in [1.807, 2.05) is 6.07 Å². The molecule has 0 spiro atoms. The molecule has 0 radical (unpaired) electrons. The maximum atomic E-state index is 9.24. The van der Waals surface area contributed by atoms with Crippen LogP contribution in [0.3, 0.4) is 0 Å². The highest BCUT2D eigenvalue weighted by Gasteiger charge is 2.22. The molecule has 4 heteroatoms. The van der Waals surface area contributed by atoms with E-state index in [4.69, 9.17) is 11.6 Å². The molecule has 0 unspecified atom stereocenters. The van der Waals surface area contributed by atoms with E-state index < -0.39 is 0 Å². The molecule has 1 aromatic rings. The zero-order chi connectivity index (χ0) is 13.1. The van der Waals surface area contributed by atoms with Crippen molar-refractivity contribution in [1.82, 2.24) is 4.98 Å². The molecule has 1 aromatic heterocycles. The van der Waals surface area contributed by atoms with Gasteiger partial charge in [0, 0.05) is 24.8 Å². The first-order valence-electron chi connectivity index (χ1n) is 6.60. The molecule has 0 amide bonds. The summed E-state index contributed by atoms with van der Waals surface area (Å²) in [6.45, 7) is 2.28. The van der Waals surface area contributed by atoms with Gasteiger partial charge in [0.1, 0.15) is 5.82 Å². The fraction of sp³-hybridized carbons (Fsp3) is 0.643. The highest BCUT2D eigenvalue weighted by Crippen LogP contribution is 2.29. The van der Waals surface area contributed by atoms with Crippen molar-refractivity contribution >= 4 is 17.4 Å². The van der Waals surface area contributed by atoms with Crippen LogP contribution in [0.25, 0.3) is 0 Å². The Morgan fingerprint density at radius 3 is 2.67 bits per heavy atom. The lowest BCUT2D eigenvalue weighted by Gasteiger charge is -2.34. The second kappa shape index (κ2) is 5.89. The van der Waals surface area contributed by atoms with Gasteiger partial charge in [-0.3, -0.25) is 0 Å². The van der Waals surface area contributed by atoms with Gasteiger partial charge in [0.25, 0.3) is 0 Å². The molecule has 0 aliphatic heterocycles. The maximum absolute atomic E-state index is 9.24. The number of halogens is 1. The molecule has 1 fully saturated rings. The summed E-state index contributed by atoms with van der Waals surface area (Å²) in [7, 11) is 2.08. The Balaban J connectivity index is 2.10. The summed E-state index contributed by atoms with van der Waals surface area (Å²) in [6.07, 6.45) is 6.64. The van der Waals surface area contributed by atoms with Gasteiger partial charge in [0.15, 0.2) is 0 Å². The second-order valence-corrected chi connectivity index (χ2v) is 5.72. The number of aliphatic hydroxyl groups excluding tert-OH is 1. The minimum Gasteiger partial charge on any atom is -0.392 e. The van der Waals surface area contributed by atoms with Crippen molar-refractivity contribution < 1.29 is 5.11 Å². The van der Waals surface area contributed by atoms with E-state index >= 15 is 0 Å². The van der Waals surface area contributed by atoms with Crippen molar-refractivity contribution in [1.29, 1.82) is 0 Å². The summed E-state index contributed by atoms with van der Waals surface area (Å²) < 4.78 is 0. The summed E-state index contributed by atoms with van der Waals surface area (Å²) in [6, 6.07) is 2.45. The first-order valence-corrected chi connectivity index (χ1v) is 6.97. The molecule has 0 aromatic carbocycles. The van der Waals surface area contributed by atoms with Crippen LogP contribution >= 0.6 is 11.6 Å². The third-order valence-corrected chi connectivity index (χ3v) is 4.33. The van der Waals surface area contributed by atoms with E-state index in [1.54, 1.807) is 6.20 Å². The zero-order valence-corrected chi connectivity index (χ0v) is 11.8. The van der Waals surface area contributed by atoms with E-state index in [9.17, 15) is 5.11 Å². The third kappa shape index (κ3) is 2.96. The monoisotopic (exact) mass is 268 g/mol. The number of nitrogens with zero attached hydrogens (tertiary/aromatic N) is 2. The Morgan fingerprint density at radius 2 is 2.06 bits per heavy atom. The quantitative estimate of drug-likeness (QED) is 0.914. The first kappa shape index (κ1) is 13.6. The van der Waals surface area contributed by atoms with Gasteiger partial charge in [0.05, 0.1) is 11.6 Å². The number of pyridine rings is 1. The average molecular weight is 269 g/mol. The minimum absolute atomic E-state index is 0.0378. The van der Waals surface area contributed by atoms with Gasteiger partial charge in [-0.05, 0) is 37.7 Å². The molecule has 100 valence electrons. The highest BCUT2D eigenvalue weighted by molar-refractivity contribution is 6.31. The van der Waals surface area contributed by atoms with Crippen LogP contribution in [0.2, 0.25) is 5.02 Å². The van der Waals surface area contributed by atoms with Gasteiger partial charge in [-0.1, -0.05) is 18.5 Å². The summed E-state index contributed by atoms with van der Waals surface area (Å²) in [4.78, 5) is 6.59. The first-order chi connectivity index (χ1) is 8.61. The topological polar surface area (TPSA) is 36.4 Å². The molecule has 1 N–H and O–H groups in total. The molecule has 18 heavy (non-hydrogen) atoms. The van der Waals surface area contributed by atoms with Gasteiger partial charge in [-0.2, -0.15) is 0 Å². The van der Waals surface area contributed by atoms with E-state index in [1.165, 1.54) is 25.7 Å². The largest absolute Gasteiger partial charge is 0.392 e. The smallest absolute Gasteiger partial charge is 0.128 e. The number of rotatable bonds is 3. The summed E-state index contributed by atoms with van der Waals surface area (Å²) in [5.41, 5.74) is 0.748. The van der Waals surface area contributed by atoms with Gasteiger partial charge in [-0.25, -0.2) is 4.98 Å². The average Bonchev–Trinajstić information content (AvgIpc) is 2.39. The molecule has 0 atom stereocenters. The van der Waals surface area contributed by atoms with Crippen LogP contribution in [0.15, 0.2) is 12.3 Å². The fourth-order valence-corrected chi connectivity index (χ4v) is 2.76.